The number of hydrogen-bond acceptors (Lipinski definition) is 4. The lowest BCUT2D eigenvalue weighted by molar-refractivity contribution is -0.101. The largest absolute Gasteiger partial charge is 0.376 e. The first-order chi connectivity index (χ1) is 8.70. The van der Waals surface area contributed by atoms with Crippen LogP contribution in [0.1, 0.15) is 5.56 Å². The quantitative estimate of drug-likeness (QED) is 0.618. The van der Waals surface area contributed by atoms with E-state index in [4.69, 9.17) is 15.3 Å². The first-order valence-electron chi connectivity index (χ1n) is 5.80. The molecule has 18 heavy (non-hydrogen) atoms. The molecule has 0 amide bonds. The molecule has 0 aromatic heterocycles. The van der Waals surface area contributed by atoms with Crippen molar-refractivity contribution in [1.82, 2.24) is 5.43 Å². The van der Waals surface area contributed by atoms with Gasteiger partial charge in [-0.1, -0.05) is 0 Å². The maximum absolute atomic E-state index is 13.5. The minimum Gasteiger partial charge on any atom is -0.376 e. The maximum atomic E-state index is 13.5. The van der Waals surface area contributed by atoms with Crippen LogP contribution in [0.4, 0.5) is 8.78 Å². The monoisotopic (exact) mass is 258 g/mol. The Kier molecular flexibility index (Phi) is 4.60. The van der Waals surface area contributed by atoms with Gasteiger partial charge in [0.25, 0.3) is 0 Å². The van der Waals surface area contributed by atoms with E-state index in [9.17, 15) is 8.78 Å². The highest BCUT2D eigenvalue weighted by atomic mass is 19.1. The Bertz CT molecular complexity index is 398. The van der Waals surface area contributed by atoms with Gasteiger partial charge in [0.05, 0.1) is 32.0 Å². The van der Waals surface area contributed by atoms with Crippen LogP contribution in [0.3, 0.4) is 0 Å². The van der Waals surface area contributed by atoms with Crippen LogP contribution >= 0.6 is 0 Å². The second kappa shape index (κ2) is 6.19. The van der Waals surface area contributed by atoms with Crippen LogP contribution < -0.4 is 11.3 Å². The first-order valence-corrected chi connectivity index (χ1v) is 5.80. The number of nitrogens with two attached hydrogens (primary N) is 1. The summed E-state index contributed by atoms with van der Waals surface area (Å²) >= 11 is 0. The van der Waals surface area contributed by atoms with Crippen molar-refractivity contribution in [2.75, 3.05) is 19.8 Å². The molecule has 2 rings (SSSR count). The Labute approximate surface area is 104 Å². The molecule has 2 unspecified atom stereocenters. The molecule has 4 nitrogen and oxygen atoms in total. The van der Waals surface area contributed by atoms with E-state index in [1.54, 1.807) is 0 Å². The molecule has 1 aliphatic heterocycles. The molecule has 1 heterocycles. The van der Waals surface area contributed by atoms with E-state index in [1.165, 1.54) is 6.07 Å². The molecule has 0 spiro atoms. The van der Waals surface area contributed by atoms with Gasteiger partial charge in [-0.15, -0.1) is 0 Å². The molecule has 6 heteroatoms. The van der Waals surface area contributed by atoms with E-state index in [0.29, 0.717) is 19.8 Å². The van der Waals surface area contributed by atoms with E-state index in [-0.39, 0.29) is 24.1 Å². The molecule has 1 aromatic carbocycles. The van der Waals surface area contributed by atoms with Gasteiger partial charge in [-0.2, -0.15) is 0 Å². The van der Waals surface area contributed by atoms with Crippen molar-refractivity contribution in [3.05, 3.63) is 35.4 Å². The van der Waals surface area contributed by atoms with Gasteiger partial charge in [-0.3, -0.25) is 11.3 Å². The van der Waals surface area contributed by atoms with E-state index >= 15 is 0 Å². The Morgan fingerprint density at radius 2 is 2.22 bits per heavy atom. The summed E-state index contributed by atoms with van der Waals surface area (Å²) in [6.45, 7) is 1.42. The lowest BCUT2D eigenvalue weighted by Gasteiger charge is -2.30. The van der Waals surface area contributed by atoms with Gasteiger partial charge in [0.2, 0.25) is 0 Å². The minimum atomic E-state index is -0.469. The van der Waals surface area contributed by atoms with Gasteiger partial charge in [-0.25, -0.2) is 8.78 Å². The molecule has 0 saturated carbocycles. The van der Waals surface area contributed by atoms with Crippen LogP contribution in [0.15, 0.2) is 18.2 Å². The Balaban J connectivity index is 2.06. The number of hydrogen-bond donors (Lipinski definition) is 2. The Morgan fingerprint density at radius 1 is 1.39 bits per heavy atom. The zero-order chi connectivity index (χ0) is 13.0. The highest BCUT2D eigenvalue weighted by molar-refractivity contribution is 5.20. The van der Waals surface area contributed by atoms with E-state index in [1.807, 2.05) is 0 Å². The van der Waals surface area contributed by atoms with Crippen molar-refractivity contribution in [3.8, 4) is 0 Å². The molecule has 1 aliphatic rings. The number of halogens is 2. The van der Waals surface area contributed by atoms with Crippen LogP contribution in [-0.4, -0.2) is 32.0 Å². The van der Waals surface area contributed by atoms with Crippen molar-refractivity contribution in [2.45, 2.75) is 18.6 Å². The van der Waals surface area contributed by atoms with Gasteiger partial charge in [0.1, 0.15) is 11.6 Å². The highest BCUT2D eigenvalue weighted by Gasteiger charge is 2.25. The van der Waals surface area contributed by atoms with Gasteiger partial charge >= 0.3 is 0 Å². The molecule has 3 N–H and O–H groups in total. The molecular formula is C12H16F2N2O2. The summed E-state index contributed by atoms with van der Waals surface area (Å²) in [5, 5.41) is 0. The molecular weight excluding hydrogens is 242 g/mol. The van der Waals surface area contributed by atoms with Crippen molar-refractivity contribution in [1.29, 1.82) is 0 Å². The van der Waals surface area contributed by atoms with Crippen molar-refractivity contribution < 1.29 is 18.3 Å². The van der Waals surface area contributed by atoms with Gasteiger partial charge in [-0.05, 0) is 30.2 Å². The molecule has 1 saturated heterocycles. The zero-order valence-corrected chi connectivity index (χ0v) is 9.86. The third-order valence-electron chi connectivity index (χ3n) is 2.95. The highest BCUT2D eigenvalue weighted by Crippen LogP contribution is 2.15. The van der Waals surface area contributed by atoms with Crippen molar-refractivity contribution >= 4 is 0 Å². The predicted octanol–water partition coefficient (Wildman–Crippen LogP) is 0.755. The number of nitrogens with one attached hydrogen (secondary N) is 1. The molecule has 100 valence electrons. The summed E-state index contributed by atoms with van der Waals surface area (Å²) in [7, 11) is 0. The topological polar surface area (TPSA) is 56.5 Å². The number of hydrazine groups is 1. The summed E-state index contributed by atoms with van der Waals surface area (Å²) in [5.74, 6) is 4.52. The number of ether oxygens (including phenoxy) is 2. The number of benzene rings is 1. The third-order valence-corrected chi connectivity index (χ3v) is 2.95. The molecule has 1 aromatic rings. The molecule has 2 atom stereocenters. The van der Waals surface area contributed by atoms with Crippen LogP contribution in [0.25, 0.3) is 0 Å². The first kappa shape index (κ1) is 13.4. The maximum Gasteiger partial charge on any atom is 0.126 e. The molecule has 0 aliphatic carbocycles. The smallest absolute Gasteiger partial charge is 0.126 e. The van der Waals surface area contributed by atoms with Crippen LogP contribution in [-0.2, 0) is 15.9 Å². The molecule has 0 bridgehead atoms. The lowest BCUT2D eigenvalue weighted by atomic mass is 10.0. The zero-order valence-electron chi connectivity index (χ0n) is 9.86. The Morgan fingerprint density at radius 3 is 2.89 bits per heavy atom. The Hall–Kier alpha value is -1.08. The van der Waals surface area contributed by atoms with Gasteiger partial charge in [0, 0.05) is 0 Å². The average Bonchev–Trinajstić information content (AvgIpc) is 2.41. The fourth-order valence-electron chi connectivity index (χ4n) is 1.97. The summed E-state index contributed by atoms with van der Waals surface area (Å²) in [6.07, 6.45) is -0.0138. The SMILES string of the molecule is NNC(Cc1cc(F)ccc1F)C1COCCO1. The molecule has 0 radical (unpaired) electrons. The summed E-state index contributed by atoms with van der Waals surface area (Å²) in [4.78, 5) is 0. The van der Waals surface area contributed by atoms with Gasteiger partial charge in [0.15, 0.2) is 0 Å². The van der Waals surface area contributed by atoms with Crippen LogP contribution in [0, 0.1) is 11.6 Å². The van der Waals surface area contributed by atoms with E-state index in [0.717, 1.165) is 12.1 Å². The summed E-state index contributed by atoms with van der Waals surface area (Å²) in [6, 6.07) is 3.05. The average molecular weight is 258 g/mol. The molecule has 1 fully saturated rings. The minimum absolute atomic E-state index is 0.244. The second-order valence-electron chi connectivity index (χ2n) is 4.20. The summed E-state index contributed by atoms with van der Waals surface area (Å²) < 4.78 is 37.4. The van der Waals surface area contributed by atoms with Crippen LogP contribution in [0.2, 0.25) is 0 Å². The van der Waals surface area contributed by atoms with E-state index < -0.39 is 11.6 Å². The van der Waals surface area contributed by atoms with Crippen LogP contribution in [0.5, 0.6) is 0 Å². The standard InChI is InChI=1S/C12H16F2N2O2/c13-9-1-2-10(14)8(5-9)6-11(16-15)12-7-17-3-4-18-12/h1-2,5,11-12,16H,3-4,6-7,15H2. The second-order valence-corrected chi connectivity index (χ2v) is 4.20. The predicted molar refractivity (Wildman–Crippen MR) is 61.7 cm³/mol. The third kappa shape index (κ3) is 3.23. The fraction of sp³-hybridized carbons (Fsp3) is 0.500. The van der Waals surface area contributed by atoms with Gasteiger partial charge < -0.3 is 9.47 Å². The normalized spacial score (nSPS) is 21.8. The lowest BCUT2D eigenvalue weighted by Crippen LogP contribution is -2.50. The summed E-state index contributed by atoms with van der Waals surface area (Å²) in [5.41, 5.74) is 2.84. The van der Waals surface area contributed by atoms with Crippen molar-refractivity contribution in [2.24, 2.45) is 5.84 Å². The number of rotatable bonds is 4. The van der Waals surface area contributed by atoms with Crippen molar-refractivity contribution in [3.63, 3.8) is 0 Å². The fourth-order valence-corrected chi connectivity index (χ4v) is 1.97. The van der Waals surface area contributed by atoms with E-state index in [2.05, 4.69) is 5.43 Å².